The minimum Gasteiger partial charge on any atom is -0.507 e. The molecule has 1 atom stereocenters. The third-order valence-electron chi connectivity index (χ3n) is 6.01. The van der Waals surface area contributed by atoms with Crippen molar-refractivity contribution in [3.05, 3.63) is 70.3 Å². The van der Waals surface area contributed by atoms with Crippen LogP contribution in [0.4, 0.5) is 0 Å². The summed E-state index contributed by atoms with van der Waals surface area (Å²) < 4.78 is 12.2. The van der Waals surface area contributed by atoms with Gasteiger partial charge in [0.15, 0.2) is 22.9 Å². The maximum Gasteiger partial charge on any atom is 0.306 e. The second-order valence-electron chi connectivity index (χ2n) is 8.17. The average molecular weight is 505 g/mol. The fraction of sp³-hybridized carbons (Fsp3) is 0.120. The molecule has 0 aliphatic heterocycles. The molecule has 5 aromatic rings. The molecule has 0 aliphatic rings. The van der Waals surface area contributed by atoms with Crippen LogP contribution in [0.1, 0.15) is 23.5 Å². The monoisotopic (exact) mass is 505 g/mol. The van der Waals surface area contributed by atoms with Crippen molar-refractivity contribution in [2.75, 3.05) is 7.11 Å². The van der Waals surface area contributed by atoms with Gasteiger partial charge in [-0.25, -0.2) is 9.50 Å². The minimum absolute atomic E-state index is 0.0164. The van der Waals surface area contributed by atoms with Crippen LogP contribution in [0.2, 0.25) is 0 Å². The van der Waals surface area contributed by atoms with E-state index in [1.54, 1.807) is 12.3 Å². The molecule has 0 saturated heterocycles. The van der Waals surface area contributed by atoms with Gasteiger partial charge < -0.3 is 34.7 Å². The Morgan fingerprint density at radius 2 is 1.86 bits per heavy atom. The molecule has 0 aliphatic carbocycles. The molecule has 188 valence electrons. The van der Waals surface area contributed by atoms with Crippen LogP contribution in [0.3, 0.4) is 0 Å². The van der Waals surface area contributed by atoms with Crippen molar-refractivity contribution in [3.63, 3.8) is 0 Å². The first-order valence-electron chi connectivity index (χ1n) is 10.8. The predicted octanol–water partition coefficient (Wildman–Crippen LogP) is 2.73. The van der Waals surface area contributed by atoms with E-state index in [0.29, 0.717) is 11.2 Å². The molecule has 5 N–H and O–H groups in total. The predicted molar refractivity (Wildman–Crippen MR) is 128 cm³/mol. The highest BCUT2D eigenvalue weighted by atomic mass is 16.5. The van der Waals surface area contributed by atoms with Gasteiger partial charge in [0.25, 0.3) is 0 Å². The first-order chi connectivity index (χ1) is 17.7. The second-order valence-corrected chi connectivity index (χ2v) is 8.17. The molecule has 0 unspecified atom stereocenters. The van der Waals surface area contributed by atoms with Gasteiger partial charge >= 0.3 is 5.97 Å². The van der Waals surface area contributed by atoms with Gasteiger partial charge in [-0.05, 0) is 24.3 Å². The number of phenols is 4. The largest absolute Gasteiger partial charge is 0.507 e. The third kappa shape index (κ3) is 3.80. The van der Waals surface area contributed by atoms with E-state index in [1.165, 1.54) is 30.1 Å². The number of hydrogen-bond acceptors (Lipinski definition) is 11. The Labute approximate surface area is 206 Å². The molecular formula is C25H19N3O9. The lowest BCUT2D eigenvalue weighted by atomic mass is 9.87. The maximum absolute atomic E-state index is 13.2. The average Bonchev–Trinajstić information content (AvgIpc) is 3.30. The number of nitrogens with zero attached hydrogens (tertiary/aromatic N) is 3. The Kier molecular flexibility index (Phi) is 5.55. The summed E-state index contributed by atoms with van der Waals surface area (Å²) in [6, 6.07) is 6.02. The van der Waals surface area contributed by atoms with E-state index < -0.39 is 57.2 Å². The van der Waals surface area contributed by atoms with E-state index in [0.717, 1.165) is 18.2 Å². The standard InChI is InChI=1S/C25H19N3O9/c1-36-18(33)8-12(13-10-27-28-6-2-5-26-25(13)28)19-16(31)9-17(32)20-21(34)22(35)23(37-24(19)20)11-3-4-14(29)15(30)7-11/h2-7,9-10,12,29-32,35H,8H2,1H3/t12-/m0/s1. The van der Waals surface area contributed by atoms with E-state index >= 15 is 0 Å². The van der Waals surface area contributed by atoms with Crippen molar-refractivity contribution in [1.82, 2.24) is 14.6 Å². The summed E-state index contributed by atoms with van der Waals surface area (Å²) >= 11 is 0. The molecule has 0 amide bonds. The summed E-state index contributed by atoms with van der Waals surface area (Å²) in [4.78, 5) is 29.9. The van der Waals surface area contributed by atoms with Crippen molar-refractivity contribution in [3.8, 4) is 40.1 Å². The van der Waals surface area contributed by atoms with Crippen LogP contribution < -0.4 is 5.43 Å². The maximum atomic E-state index is 13.2. The number of esters is 1. The SMILES string of the molecule is COC(=O)C[C@H](c1c(O)cc(O)c2c(=O)c(O)c(-c3ccc(O)c(O)c3)oc12)c1cnn2cccnc12. The van der Waals surface area contributed by atoms with Crippen molar-refractivity contribution < 1.29 is 39.5 Å². The molecule has 3 aromatic heterocycles. The Hall–Kier alpha value is -5.26. The number of rotatable bonds is 5. The van der Waals surface area contributed by atoms with Crippen LogP contribution in [0.15, 0.2) is 58.1 Å². The number of aromatic nitrogens is 3. The first kappa shape index (κ1) is 23.5. The zero-order valence-corrected chi connectivity index (χ0v) is 19.1. The fourth-order valence-corrected chi connectivity index (χ4v) is 4.25. The van der Waals surface area contributed by atoms with Gasteiger partial charge in [0.1, 0.15) is 22.5 Å². The van der Waals surface area contributed by atoms with Gasteiger partial charge in [-0.15, -0.1) is 0 Å². The summed E-state index contributed by atoms with van der Waals surface area (Å²) in [7, 11) is 1.19. The molecule has 2 aromatic carbocycles. The Bertz CT molecular complexity index is 1760. The van der Waals surface area contributed by atoms with Crippen LogP contribution in [0.5, 0.6) is 28.7 Å². The number of carbonyl (C=O) groups is 1. The molecule has 0 fully saturated rings. The lowest BCUT2D eigenvalue weighted by Gasteiger charge is -2.19. The van der Waals surface area contributed by atoms with Gasteiger partial charge in [0.2, 0.25) is 11.2 Å². The van der Waals surface area contributed by atoms with Crippen LogP contribution in [0, 0.1) is 0 Å². The topological polar surface area (TPSA) is 188 Å². The molecule has 3 heterocycles. The third-order valence-corrected chi connectivity index (χ3v) is 6.01. The van der Waals surface area contributed by atoms with Gasteiger partial charge in [-0.1, -0.05) is 0 Å². The minimum atomic E-state index is -1.03. The highest BCUT2D eigenvalue weighted by Crippen LogP contribution is 2.45. The van der Waals surface area contributed by atoms with Gasteiger partial charge in [-0.2, -0.15) is 5.10 Å². The number of ether oxygens (including phenoxy) is 1. The second kappa shape index (κ2) is 8.75. The van der Waals surface area contributed by atoms with Crippen LogP contribution in [0.25, 0.3) is 27.9 Å². The molecule has 12 nitrogen and oxygen atoms in total. The number of aromatic hydroxyl groups is 5. The lowest BCUT2D eigenvalue weighted by Crippen LogP contribution is -2.13. The van der Waals surface area contributed by atoms with Crippen molar-refractivity contribution >= 4 is 22.6 Å². The van der Waals surface area contributed by atoms with E-state index in [2.05, 4.69) is 10.1 Å². The summed E-state index contributed by atoms with van der Waals surface area (Å²) in [6.45, 7) is 0. The zero-order chi connectivity index (χ0) is 26.4. The number of fused-ring (bicyclic) bond motifs is 2. The van der Waals surface area contributed by atoms with E-state index in [1.807, 2.05) is 0 Å². The van der Waals surface area contributed by atoms with Crippen LogP contribution >= 0.6 is 0 Å². The first-order valence-corrected chi connectivity index (χ1v) is 10.8. The Balaban J connectivity index is 1.87. The summed E-state index contributed by atoms with van der Waals surface area (Å²) in [6.07, 6.45) is 4.24. The molecule has 0 saturated carbocycles. The number of methoxy groups -OCH3 is 1. The van der Waals surface area contributed by atoms with Crippen molar-refractivity contribution in [1.29, 1.82) is 0 Å². The van der Waals surface area contributed by atoms with Crippen molar-refractivity contribution in [2.24, 2.45) is 0 Å². The number of phenolic OH excluding ortho intramolecular Hbond substituents is 4. The van der Waals surface area contributed by atoms with Gasteiger partial charge in [0, 0.05) is 41.1 Å². The summed E-state index contributed by atoms with van der Waals surface area (Å²) in [5.41, 5.74) is -0.679. The Morgan fingerprint density at radius 3 is 2.59 bits per heavy atom. The Morgan fingerprint density at radius 1 is 1.08 bits per heavy atom. The normalized spacial score (nSPS) is 12.1. The quantitative estimate of drug-likeness (QED) is 0.174. The van der Waals surface area contributed by atoms with E-state index in [9.17, 15) is 35.1 Å². The molecular weight excluding hydrogens is 486 g/mol. The molecule has 0 radical (unpaired) electrons. The van der Waals surface area contributed by atoms with E-state index in [4.69, 9.17) is 9.15 Å². The zero-order valence-electron chi connectivity index (χ0n) is 19.1. The molecule has 5 rings (SSSR count). The number of benzene rings is 2. The van der Waals surface area contributed by atoms with E-state index in [-0.39, 0.29) is 23.1 Å². The lowest BCUT2D eigenvalue weighted by molar-refractivity contribution is -0.140. The van der Waals surface area contributed by atoms with Crippen molar-refractivity contribution in [2.45, 2.75) is 12.3 Å². The van der Waals surface area contributed by atoms with Gasteiger partial charge in [0.05, 0.1) is 19.7 Å². The number of carbonyl (C=O) groups excluding carboxylic acids is 1. The number of hydrogen-bond donors (Lipinski definition) is 5. The molecule has 0 spiro atoms. The molecule has 0 bridgehead atoms. The molecule has 12 heteroatoms. The van der Waals surface area contributed by atoms with Crippen LogP contribution in [-0.4, -0.2) is 53.2 Å². The summed E-state index contributed by atoms with van der Waals surface area (Å²) in [5, 5.41) is 55.4. The smallest absolute Gasteiger partial charge is 0.306 e. The molecule has 37 heavy (non-hydrogen) atoms. The fourth-order valence-electron chi connectivity index (χ4n) is 4.25. The summed E-state index contributed by atoms with van der Waals surface area (Å²) in [5.74, 6) is -5.14. The van der Waals surface area contributed by atoms with Gasteiger partial charge in [-0.3, -0.25) is 9.59 Å². The highest BCUT2D eigenvalue weighted by Gasteiger charge is 2.31. The highest BCUT2D eigenvalue weighted by molar-refractivity contribution is 5.92. The van der Waals surface area contributed by atoms with Crippen LogP contribution in [-0.2, 0) is 9.53 Å².